The van der Waals surface area contributed by atoms with Gasteiger partial charge in [-0.2, -0.15) is 0 Å². The molecule has 0 aromatic rings. The summed E-state index contributed by atoms with van der Waals surface area (Å²) in [5.41, 5.74) is 0. The average molecular weight is 568 g/mol. The van der Waals surface area contributed by atoms with Gasteiger partial charge in [0.15, 0.2) is 0 Å². The maximum Gasteiger partial charge on any atom is 0.0679 e. The van der Waals surface area contributed by atoms with Crippen molar-refractivity contribution in [1.29, 1.82) is 0 Å². The highest BCUT2D eigenvalue weighted by Gasteiger charge is 2.15. The SMILES string of the molecule is CC1CCN(C)C1.CN1CC=CC1.CN1CCC(O)C1.CN1CCCC1.CN1CCCCC1.CN1CCNCC1. The Morgan fingerprint density at radius 3 is 1.15 bits per heavy atom. The van der Waals surface area contributed by atoms with E-state index in [-0.39, 0.29) is 6.10 Å². The number of hydrogen-bond donors (Lipinski definition) is 2. The molecule has 238 valence electrons. The number of aliphatic hydroxyl groups excluding tert-OH is 1. The summed E-state index contributed by atoms with van der Waals surface area (Å²) in [6.07, 6.45) is 13.8. The van der Waals surface area contributed by atoms with Crippen LogP contribution in [-0.2, 0) is 0 Å². The number of aliphatic hydroxyl groups is 1. The van der Waals surface area contributed by atoms with Gasteiger partial charge in [0.1, 0.15) is 0 Å². The highest BCUT2D eigenvalue weighted by Crippen LogP contribution is 2.11. The van der Waals surface area contributed by atoms with E-state index in [2.05, 4.69) is 89.0 Å². The van der Waals surface area contributed by atoms with Gasteiger partial charge in [-0.3, -0.25) is 4.90 Å². The van der Waals surface area contributed by atoms with Crippen molar-refractivity contribution in [1.82, 2.24) is 34.7 Å². The summed E-state index contributed by atoms with van der Waals surface area (Å²) in [5, 5.41) is 12.1. The molecule has 6 heterocycles. The molecule has 40 heavy (non-hydrogen) atoms. The Bertz CT molecular complexity index is 524. The number of piperidine rings is 1. The Kier molecular flexibility index (Phi) is 22.4. The van der Waals surface area contributed by atoms with Gasteiger partial charge < -0.3 is 34.9 Å². The van der Waals surface area contributed by atoms with Crippen LogP contribution in [0.1, 0.15) is 51.9 Å². The second-order valence-corrected chi connectivity index (χ2v) is 13.0. The van der Waals surface area contributed by atoms with E-state index in [9.17, 15) is 0 Å². The number of piperazine rings is 1. The summed E-state index contributed by atoms with van der Waals surface area (Å²) in [7, 11) is 12.8. The predicted octanol–water partition coefficient (Wildman–Crippen LogP) is 2.46. The molecule has 6 aliphatic heterocycles. The van der Waals surface area contributed by atoms with Crippen LogP contribution in [-0.4, -0.2) is 175 Å². The molecule has 0 bridgehead atoms. The van der Waals surface area contributed by atoms with Gasteiger partial charge in [0.2, 0.25) is 0 Å². The molecule has 2 atom stereocenters. The van der Waals surface area contributed by atoms with Crippen LogP contribution in [0.25, 0.3) is 0 Å². The second kappa shape index (κ2) is 23.9. The van der Waals surface area contributed by atoms with Crippen LogP contribution < -0.4 is 5.32 Å². The Balaban J connectivity index is 0.000000240. The molecule has 2 unspecified atom stereocenters. The summed E-state index contributed by atoms with van der Waals surface area (Å²) in [5.74, 6) is 0.949. The van der Waals surface area contributed by atoms with E-state index in [1.807, 2.05) is 7.05 Å². The smallest absolute Gasteiger partial charge is 0.0679 e. The third-order valence-electron chi connectivity index (χ3n) is 8.24. The van der Waals surface area contributed by atoms with Gasteiger partial charge in [-0.1, -0.05) is 25.5 Å². The maximum atomic E-state index is 8.86. The Morgan fingerprint density at radius 1 is 0.525 bits per heavy atom. The Morgan fingerprint density at radius 2 is 0.975 bits per heavy atom. The molecular formula is C32H69N7O. The zero-order chi connectivity index (χ0) is 29.6. The maximum absolute atomic E-state index is 8.86. The first-order valence-electron chi connectivity index (χ1n) is 16.3. The van der Waals surface area contributed by atoms with Crippen LogP contribution in [0.4, 0.5) is 0 Å². The van der Waals surface area contributed by atoms with E-state index in [1.54, 1.807) is 0 Å². The van der Waals surface area contributed by atoms with Crippen LogP contribution in [0.15, 0.2) is 12.2 Å². The summed E-state index contributed by atoms with van der Waals surface area (Å²) < 4.78 is 0. The lowest BCUT2D eigenvalue weighted by Crippen LogP contribution is -2.40. The van der Waals surface area contributed by atoms with Crippen LogP contribution in [0.5, 0.6) is 0 Å². The number of nitrogens with one attached hydrogen (secondary N) is 1. The zero-order valence-electron chi connectivity index (χ0n) is 27.8. The minimum absolute atomic E-state index is 0.0509. The van der Waals surface area contributed by atoms with Crippen molar-refractivity contribution < 1.29 is 5.11 Å². The van der Waals surface area contributed by atoms with E-state index >= 15 is 0 Å². The van der Waals surface area contributed by atoms with Crippen molar-refractivity contribution in [2.24, 2.45) is 5.92 Å². The number of hydrogen-bond acceptors (Lipinski definition) is 8. The fourth-order valence-corrected chi connectivity index (χ4v) is 5.35. The van der Waals surface area contributed by atoms with E-state index in [0.29, 0.717) is 0 Å². The predicted molar refractivity (Wildman–Crippen MR) is 174 cm³/mol. The fraction of sp³-hybridized carbons (Fsp3) is 0.938. The first-order chi connectivity index (χ1) is 19.2. The zero-order valence-corrected chi connectivity index (χ0v) is 27.8. The number of likely N-dealkylation sites (N-methyl/N-ethyl adjacent to an activating group) is 3. The van der Waals surface area contributed by atoms with E-state index in [0.717, 1.165) is 51.6 Å². The molecule has 2 N–H and O–H groups in total. The minimum Gasteiger partial charge on any atom is -0.392 e. The monoisotopic (exact) mass is 568 g/mol. The molecular weight excluding hydrogens is 498 g/mol. The van der Waals surface area contributed by atoms with E-state index in [1.165, 1.54) is 90.9 Å². The molecule has 8 nitrogen and oxygen atoms in total. The topological polar surface area (TPSA) is 51.7 Å². The van der Waals surface area contributed by atoms with Crippen LogP contribution >= 0.6 is 0 Å². The summed E-state index contributed by atoms with van der Waals surface area (Å²) >= 11 is 0. The quantitative estimate of drug-likeness (QED) is 0.433. The molecule has 6 rings (SSSR count). The van der Waals surface area contributed by atoms with E-state index < -0.39 is 0 Å². The van der Waals surface area contributed by atoms with Gasteiger partial charge in [0.05, 0.1) is 6.10 Å². The number of rotatable bonds is 0. The van der Waals surface area contributed by atoms with Crippen molar-refractivity contribution >= 4 is 0 Å². The van der Waals surface area contributed by atoms with Crippen molar-refractivity contribution in [3.8, 4) is 0 Å². The first kappa shape index (κ1) is 37.4. The largest absolute Gasteiger partial charge is 0.392 e. The molecule has 5 saturated heterocycles. The Hall–Kier alpha value is -0.580. The lowest BCUT2D eigenvalue weighted by atomic mass is 10.1. The molecule has 0 radical (unpaired) electrons. The Labute approximate surface area is 249 Å². The molecule has 0 amide bonds. The number of nitrogens with zero attached hydrogens (tertiary/aromatic N) is 6. The van der Waals surface area contributed by atoms with Crippen molar-refractivity contribution in [3.05, 3.63) is 12.2 Å². The number of likely N-dealkylation sites (tertiary alicyclic amines) is 4. The highest BCUT2D eigenvalue weighted by molar-refractivity contribution is 4.93. The van der Waals surface area contributed by atoms with Crippen molar-refractivity contribution in [3.63, 3.8) is 0 Å². The normalized spacial score (nSPS) is 28.1. The van der Waals surface area contributed by atoms with Gasteiger partial charge in [0.25, 0.3) is 0 Å². The van der Waals surface area contributed by atoms with Gasteiger partial charge in [0, 0.05) is 58.9 Å². The standard InChI is InChI=1S/2C6H13N.C5H12N2.C5H11NO.C5H11N.C5H9N/c1-6-3-4-7(2)5-6;1-7-5-3-2-4-6-7;1-7-4-2-6-3-5-7;1-6-3-2-5(7)4-6;2*1-6-4-2-3-5-6/h6H,3-5H2,1-2H3;2-6H2,1H3;6H,2-5H2,1H3;5,7H,2-4H2,1H3;2-5H2,1H3;2-3H,4-5H2,1H3. The summed E-state index contributed by atoms with van der Waals surface area (Å²) in [6, 6.07) is 0. The van der Waals surface area contributed by atoms with Crippen LogP contribution in [0.3, 0.4) is 0 Å². The molecule has 0 spiro atoms. The van der Waals surface area contributed by atoms with Crippen LogP contribution in [0, 0.1) is 5.92 Å². The summed E-state index contributed by atoms with van der Waals surface area (Å²) in [6.45, 7) is 19.1. The fourth-order valence-electron chi connectivity index (χ4n) is 5.35. The minimum atomic E-state index is -0.0509. The molecule has 0 aromatic heterocycles. The van der Waals surface area contributed by atoms with E-state index in [4.69, 9.17) is 5.11 Å². The average Bonchev–Trinajstić information content (AvgIpc) is 3.75. The third-order valence-corrected chi connectivity index (χ3v) is 8.24. The molecule has 8 heteroatoms. The highest BCUT2D eigenvalue weighted by atomic mass is 16.3. The molecule has 0 aromatic carbocycles. The first-order valence-corrected chi connectivity index (χ1v) is 16.3. The van der Waals surface area contributed by atoms with Gasteiger partial charge >= 0.3 is 0 Å². The summed E-state index contributed by atoms with van der Waals surface area (Å²) in [4.78, 5) is 13.8. The van der Waals surface area contributed by atoms with Gasteiger partial charge in [-0.05, 0) is 119 Å². The lowest BCUT2D eigenvalue weighted by molar-refractivity contribution is 0.183. The van der Waals surface area contributed by atoms with Gasteiger partial charge in [-0.25, -0.2) is 0 Å². The lowest BCUT2D eigenvalue weighted by Gasteiger charge is -2.21. The molecule has 5 fully saturated rings. The molecule has 0 saturated carbocycles. The second-order valence-electron chi connectivity index (χ2n) is 13.0. The molecule has 6 aliphatic rings. The van der Waals surface area contributed by atoms with Crippen LogP contribution in [0.2, 0.25) is 0 Å². The van der Waals surface area contributed by atoms with Gasteiger partial charge in [-0.15, -0.1) is 0 Å². The van der Waals surface area contributed by atoms with Crippen molar-refractivity contribution in [2.45, 2.75) is 58.0 Å². The third kappa shape index (κ3) is 22.1. The number of β-amino-alcohol motifs (C(OH)–C–C–N with tert-alkyl or cyclic N) is 1. The van der Waals surface area contributed by atoms with Crippen molar-refractivity contribution in [2.75, 3.05) is 134 Å². The molecule has 0 aliphatic carbocycles.